The van der Waals surface area contributed by atoms with Crippen LogP contribution in [0.25, 0.3) is 0 Å². The number of nitrogens with one attached hydrogen (secondary N) is 4. The van der Waals surface area contributed by atoms with Crippen molar-refractivity contribution in [3.8, 4) is 0 Å². The summed E-state index contributed by atoms with van der Waals surface area (Å²) in [6.07, 6.45) is -6.27. The standard InChI is InChI=1S/C14H19F5N6O2S/c1-7-5-9(13(15,16)14(17,18)19)25-10(21-7)6-8(24-25)11(26)22-23-12(28)20-3-4-27-2/h6-7,9,21H,3-5H2,1-2H3,(H,22,26)(H2,20,23,28). The molecule has 1 aromatic rings. The molecule has 0 aliphatic carbocycles. The number of fused-ring (bicyclic) bond motifs is 1. The lowest BCUT2D eigenvalue weighted by molar-refractivity contribution is -0.301. The minimum atomic E-state index is -5.75. The van der Waals surface area contributed by atoms with Crippen LogP contribution in [0.1, 0.15) is 29.9 Å². The van der Waals surface area contributed by atoms with Crippen molar-refractivity contribution >= 4 is 29.1 Å². The summed E-state index contributed by atoms with van der Waals surface area (Å²) < 4.78 is 71.6. The number of ether oxygens (including phenoxy) is 1. The minimum Gasteiger partial charge on any atom is -0.383 e. The van der Waals surface area contributed by atoms with Gasteiger partial charge in [-0.2, -0.15) is 27.1 Å². The smallest absolute Gasteiger partial charge is 0.383 e. The van der Waals surface area contributed by atoms with Gasteiger partial charge in [0.1, 0.15) is 11.9 Å². The molecule has 2 atom stereocenters. The number of rotatable bonds is 5. The van der Waals surface area contributed by atoms with Crippen molar-refractivity contribution < 1.29 is 31.5 Å². The zero-order valence-electron chi connectivity index (χ0n) is 14.9. The molecule has 1 aromatic heterocycles. The van der Waals surface area contributed by atoms with Gasteiger partial charge in [-0.3, -0.25) is 15.6 Å². The molecule has 158 valence electrons. The molecule has 2 rings (SSSR count). The van der Waals surface area contributed by atoms with Gasteiger partial charge in [0.05, 0.1) is 6.61 Å². The van der Waals surface area contributed by atoms with Crippen molar-refractivity contribution in [2.75, 3.05) is 25.6 Å². The second kappa shape index (κ2) is 8.43. The first-order valence-corrected chi connectivity index (χ1v) is 8.52. The van der Waals surface area contributed by atoms with E-state index in [1.54, 1.807) is 0 Å². The maximum absolute atomic E-state index is 13.9. The molecule has 0 bridgehead atoms. The van der Waals surface area contributed by atoms with Gasteiger partial charge in [0.2, 0.25) is 0 Å². The van der Waals surface area contributed by atoms with Crippen LogP contribution in [0.2, 0.25) is 0 Å². The van der Waals surface area contributed by atoms with Gasteiger partial charge in [0.25, 0.3) is 5.91 Å². The van der Waals surface area contributed by atoms with Crippen molar-refractivity contribution in [1.29, 1.82) is 0 Å². The Labute approximate surface area is 162 Å². The average Bonchev–Trinajstić information content (AvgIpc) is 3.01. The van der Waals surface area contributed by atoms with Crippen LogP contribution >= 0.6 is 12.2 Å². The van der Waals surface area contributed by atoms with Gasteiger partial charge in [0.15, 0.2) is 10.8 Å². The van der Waals surface area contributed by atoms with Gasteiger partial charge < -0.3 is 15.4 Å². The quantitative estimate of drug-likeness (QED) is 0.244. The van der Waals surface area contributed by atoms with Crippen LogP contribution < -0.4 is 21.5 Å². The maximum Gasteiger partial charge on any atom is 0.455 e. The highest BCUT2D eigenvalue weighted by atomic mass is 32.1. The molecule has 0 saturated heterocycles. The Bertz CT molecular complexity index is 726. The van der Waals surface area contributed by atoms with E-state index in [0.717, 1.165) is 6.07 Å². The number of thiocarbonyl (C=S) groups is 1. The van der Waals surface area contributed by atoms with Crippen molar-refractivity contribution in [1.82, 2.24) is 25.9 Å². The summed E-state index contributed by atoms with van der Waals surface area (Å²) >= 11 is 4.89. The Morgan fingerprint density at radius 1 is 1.39 bits per heavy atom. The molecule has 1 amide bonds. The van der Waals surface area contributed by atoms with Crippen LogP contribution in [0.3, 0.4) is 0 Å². The second-order valence-electron chi connectivity index (χ2n) is 6.10. The highest BCUT2D eigenvalue weighted by Gasteiger charge is 2.64. The Morgan fingerprint density at radius 3 is 2.68 bits per heavy atom. The molecule has 0 saturated carbocycles. The summed E-state index contributed by atoms with van der Waals surface area (Å²) in [6, 6.07) is -1.85. The fraction of sp³-hybridized carbons (Fsp3) is 0.643. The maximum atomic E-state index is 13.9. The third kappa shape index (κ3) is 4.79. The lowest BCUT2D eigenvalue weighted by Crippen LogP contribution is -2.49. The summed E-state index contributed by atoms with van der Waals surface area (Å²) in [4.78, 5) is 12.1. The molecular weight excluding hydrogens is 411 g/mol. The van der Waals surface area contributed by atoms with Gasteiger partial charge in [-0.15, -0.1) is 0 Å². The van der Waals surface area contributed by atoms with Gasteiger partial charge in [0, 0.05) is 25.8 Å². The number of hydrogen-bond donors (Lipinski definition) is 4. The molecule has 0 fully saturated rings. The Balaban J connectivity index is 2.13. The number of methoxy groups -OCH3 is 1. The molecular formula is C14H19F5N6O2S. The normalized spacial score (nSPS) is 19.4. The molecule has 1 aliphatic rings. The third-order valence-corrected chi connectivity index (χ3v) is 4.16. The van der Waals surface area contributed by atoms with Crippen molar-refractivity contribution in [3.63, 3.8) is 0 Å². The molecule has 0 radical (unpaired) electrons. The predicted octanol–water partition coefficient (Wildman–Crippen LogP) is 1.58. The van der Waals surface area contributed by atoms with Crippen LogP contribution in [0, 0.1) is 0 Å². The summed E-state index contributed by atoms with van der Waals surface area (Å²) in [5, 5.41) is 9.14. The van der Waals surface area contributed by atoms with E-state index in [9.17, 15) is 26.7 Å². The Morgan fingerprint density at radius 2 is 2.07 bits per heavy atom. The number of hydrazine groups is 1. The number of halogens is 5. The van der Waals surface area contributed by atoms with Crippen LogP contribution in [-0.2, 0) is 4.74 Å². The monoisotopic (exact) mass is 430 g/mol. The minimum absolute atomic E-state index is 0.0580. The number of carbonyl (C=O) groups excluding carboxylic acids is 1. The fourth-order valence-electron chi connectivity index (χ4n) is 2.58. The van der Waals surface area contributed by atoms with Gasteiger partial charge in [-0.25, -0.2) is 4.68 Å². The number of nitrogens with zero attached hydrogens (tertiary/aromatic N) is 2. The van der Waals surface area contributed by atoms with E-state index in [1.807, 2.05) is 0 Å². The Hall–Kier alpha value is -2.22. The number of amides is 1. The zero-order valence-corrected chi connectivity index (χ0v) is 15.7. The number of alkyl halides is 5. The largest absolute Gasteiger partial charge is 0.455 e. The summed E-state index contributed by atoms with van der Waals surface area (Å²) in [7, 11) is 1.49. The first-order chi connectivity index (χ1) is 13.0. The van der Waals surface area contributed by atoms with Gasteiger partial charge >= 0.3 is 12.1 Å². The van der Waals surface area contributed by atoms with Gasteiger partial charge in [-0.1, -0.05) is 0 Å². The van der Waals surface area contributed by atoms with E-state index in [1.165, 1.54) is 14.0 Å². The molecule has 1 aliphatic heterocycles. The highest BCUT2D eigenvalue weighted by Crippen LogP contribution is 2.47. The number of hydrogen-bond acceptors (Lipinski definition) is 5. The molecule has 2 unspecified atom stereocenters. The molecule has 2 heterocycles. The first-order valence-electron chi connectivity index (χ1n) is 8.11. The van der Waals surface area contributed by atoms with Gasteiger partial charge in [-0.05, 0) is 25.6 Å². The van der Waals surface area contributed by atoms with E-state index in [2.05, 4.69) is 26.6 Å². The third-order valence-electron chi connectivity index (χ3n) is 3.91. The Kier molecular flexibility index (Phi) is 6.64. The van der Waals surface area contributed by atoms with E-state index >= 15 is 0 Å². The molecule has 14 heteroatoms. The van der Waals surface area contributed by atoms with Crippen molar-refractivity contribution in [2.24, 2.45) is 0 Å². The summed E-state index contributed by atoms with van der Waals surface area (Å²) in [5.74, 6) is -5.98. The number of carbonyl (C=O) groups is 1. The molecule has 8 nitrogen and oxygen atoms in total. The number of aromatic nitrogens is 2. The molecule has 28 heavy (non-hydrogen) atoms. The van der Waals surface area contributed by atoms with Crippen LogP contribution in [0.5, 0.6) is 0 Å². The fourth-order valence-corrected chi connectivity index (χ4v) is 2.73. The van der Waals surface area contributed by atoms with E-state index in [0.29, 0.717) is 17.8 Å². The first kappa shape index (κ1) is 22.1. The molecule has 4 N–H and O–H groups in total. The lowest BCUT2D eigenvalue weighted by Gasteiger charge is -2.35. The van der Waals surface area contributed by atoms with Crippen molar-refractivity contribution in [3.05, 3.63) is 11.8 Å². The van der Waals surface area contributed by atoms with Crippen LogP contribution in [0.4, 0.5) is 27.8 Å². The molecule has 0 aromatic carbocycles. The van der Waals surface area contributed by atoms with E-state index in [-0.39, 0.29) is 16.6 Å². The average molecular weight is 430 g/mol. The zero-order chi connectivity index (χ0) is 21.1. The second-order valence-corrected chi connectivity index (χ2v) is 6.51. The molecule has 0 spiro atoms. The summed E-state index contributed by atoms with van der Waals surface area (Å²) in [5.41, 5.74) is 4.19. The van der Waals surface area contributed by atoms with Crippen LogP contribution in [-0.4, -0.2) is 59.2 Å². The number of anilines is 1. The predicted molar refractivity (Wildman–Crippen MR) is 93.0 cm³/mol. The SMILES string of the molecule is COCCNC(=S)NNC(=O)c1cc2n(n1)C(C(F)(F)C(F)(F)F)CC(C)N2. The lowest BCUT2D eigenvalue weighted by atomic mass is 9.99. The van der Waals surface area contributed by atoms with Crippen molar-refractivity contribution in [2.45, 2.75) is 37.5 Å². The van der Waals surface area contributed by atoms with E-state index in [4.69, 9.17) is 17.0 Å². The van der Waals surface area contributed by atoms with E-state index < -0.39 is 36.5 Å². The summed E-state index contributed by atoms with van der Waals surface area (Å²) in [6.45, 7) is 2.19. The highest BCUT2D eigenvalue weighted by molar-refractivity contribution is 7.80. The topological polar surface area (TPSA) is 92.2 Å². The van der Waals surface area contributed by atoms with Crippen LogP contribution in [0.15, 0.2) is 6.07 Å².